The summed E-state index contributed by atoms with van der Waals surface area (Å²) in [7, 11) is 1.63. The zero-order valence-corrected chi connectivity index (χ0v) is 15.3. The number of nitrogens with one attached hydrogen (secondary N) is 3. The largest absolute Gasteiger partial charge is 0.481 e. The van der Waals surface area contributed by atoms with E-state index in [0.717, 1.165) is 50.7 Å². The number of aliphatic carboxylic acids is 1. The molecule has 9 nitrogen and oxygen atoms in total. The van der Waals surface area contributed by atoms with Gasteiger partial charge in [-0.3, -0.25) is 14.7 Å². The summed E-state index contributed by atoms with van der Waals surface area (Å²) in [5.41, 5.74) is 1.74. The Bertz CT molecular complexity index is 587. The van der Waals surface area contributed by atoms with E-state index in [-0.39, 0.29) is 17.9 Å². The van der Waals surface area contributed by atoms with Gasteiger partial charge < -0.3 is 25.2 Å². The van der Waals surface area contributed by atoms with Gasteiger partial charge in [-0.05, 0) is 25.3 Å². The van der Waals surface area contributed by atoms with Gasteiger partial charge in [-0.15, -0.1) is 0 Å². The molecule has 4 N–H and O–H groups in total. The second-order valence-corrected chi connectivity index (χ2v) is 6.53. The molecule has 0 aromatic carbocycles. The van der Waals surface area contributed by atoms with Crippen molar-refractivity contribution in [1.82, 2.24) is 20.8 Å². The highest BCUT2D eigenvalue weighted by atomic mass is 16.5. The Morgan fingerprint density at radius 1 is 1.46 bits per heavy atom. The highest BCUT2D eigenvalue weighted by Crippen LogP contribution is 2.28. The lowest BCUT2D eigenvalue weighted by molar-refractivity contribution is -0.134. The summed E-state index contributed by atoms with van der Waals surface area (Å²) in [6.45, 7) is 3.69. The predicted molar refractivity (Wildman–Crippen MR) is 93.3 cm³/mol. The molecule has 0 radical (unpaired) electrons. The van der Waals surface area contributed by atoms with Crippen LogP contribution in [0.1, 0.15) is 37.6 Å². The number of fused-ring (bicyclic) bond motifs is 1. The molecule has 2 heterocycles. The van der Waals surface area contributed by atoms with Crippen molar-refractivity contribution < 1.29 is 24.2 Å². The monoisotopic (exact) mass is 368 g/mol. The number of methoxy groups -OCH3 is 1. The first kappa shape index (κ1) is 20.3. The third kappa shape index (κ3) is 6.40. The summed E-state index contributed by atoms with van der Waals surface area (Å²) in [6, 6.07) is 2.23. The summed E-state index contributed by atoms with van der Waals surface area (Å²) in [5, 5.41) is 20.9. The number of carbonyl (C=O) groups is 2. The number of amides is 1. The molecule has 1 saturated heterocycles. The summed E-state index contributed by atoms with van der Waals surface area (Å²) in [6.07, 6.45) is 2.99. The van der Waals surface area contributed by atoms with Gasteiger partial charge in [0.1, 0.15) is 0 Å². The average Bonchev–Trinajstić information content (AvgIpc) is 3.06. The van der Waals surface area contributed by atoms with Gasteiger partial charge in [0.15, 0.2) is 0 Å². The molecule has 1 saturated carbocycles. The van der Waals surface area contributed by atoms with Gasteiger partial charge in [-0.25, -0.2) is 0 Å². The quantitative estimate of drug-likeness (QED) is 0.593. The molecule has 0 spiro atoms. The van der Waals surface area contributed by atoms with E-state index in [1.165, 1.54) is 0 Å². The number of hydrogen-bond acceptors (Lipinski definition) is 6. The van der Waals surface area contributed by atoms with E-state index in [9.17, 15) is 4.79 Å². The first-order valence-electron chi connectivity index (χ1n) is 8.84. The Hall–Kier alpha value is -1.97. The van der Waals surface area contributed by atoms with Crippen LogP contribution in [0.5, 0.6) is 0 Å². The zero-order chi connectivity index (χ0) is 18.9. The van der Waals surface area contributed by atoms with Crippen LogP contribution < -0.4 is 10.6 Å². The number of carbonyl (C=O) groups excluding carboxylic acids is 1. The van der Waals surface area contributed by atoms with E-state index in [1.54, 1.807) is 7.11 Å². The Labute approximate surface area is 152 Å². The maximum absolute atomic E-state index is 12.3. The van der Waals surface area contributed by atoms with Crippen LogP contribution in [0.4, 0.5) is 0 Å². The molecule has 146 valence electrons. The molecular weight excluding hydrogens is 340 g/mol. The van der Waals surface area contributed by atoms with Crippen molar-refractivity contribution in [3.8, 4) is 0 Å². The smallest absolute Gasteiger partial charge is 0.300 e. The molecule has 1 aliphatic carbocycles. The van der Waals surface area contributed by atoms with Crippen LogP contribution in [0.3, 0.4) is 0 Å². The highest BCUT2D eigenvalue weighted by molar-refractivity contribution is 5.78. The van der Waals surface area contributed by atoms with Crippen LogP contribution in [0.2, 0.25) is 0 Å². The predicted octanol–water partition coefficient (Wildman–Crippen LogP) is 0.420. The maximum atomic E-state index is 12.3. The van der Waals surface area contributed by atoms with Gasteiger partial charge in [0, 0.05) is 32.5 Å². The van der Waals surface area contributed by atoms with Crippen LogP contribution in [0.25, 0.3) is 0 Å². The van der Waals surface area contributed by atoms with E-state index < -0.39 is 5.97 Å². The van der Waals surface area contributed by atoms with E-state index in [4.69, 9.17) is 19.4 Å². The minimum Gasteiger partial charge on any atom is -0.481 e. The molecule has 0 unspecified atom stereocenters. The third-order valence-corrected chi connectivity index (χ3v) is 4.43. The van der Waals surface area contributed by atoms with Crippen LogP contribution in [0.15, 0.2) is 6.07 Å². The number of carboxylic acid groups (broad SMARTS) is 1. The molecular formula is C17H28N4O5. The fraction of sp³-hybridized carbons (Fsp3) is 0.706. The number of aromatic amines is 1. The summed E-state index contributed by atoms with van der Waals surface area (Å²) in [4.78, 5) is 21.3. The van der Waals surface area contributed by atoms with E-state index >= 15 is 0 Å². The molecule has 1 aromatic rings. The SMILES string of the molecule is CC(=O)O.COCc1cc(CNC(=O)[C@H]2CC[C@H]3OCCN[C@@H]3C2)[nH]n1. The molecule has 2 fully saturated rings. The Morgan fingerprint density at radius 2 is 2.23 bits per heavy atom. The van der Waals surface area contributed by atoms with Crippen molar-refractivity contribution in [2.75, 3.05) is 20.3 Å². The van der Waals surface area contributed by atoms with Crippen molar-refractivity contribution in [3.63, 3.8) is 0 Å². The Balaban J connectivity index is 0.000000552. The van der Waals surface area contributed by atoms with E-state index in [1.807, 2.05) is 6.07 Å². The number of nitrogens with zero attached hydrogens (tertiary/aromatic N) is 1. The number of ether oxygens (including phenoxy) is 2. The normalized spacial score (nSPS) is 24.8. The lowest BCUT2D eigenvalue weighted by atomic mass is 9.82. The van der Waals surface area contributed by atoms with Gasteiger partial charge in [0.05, 0.1) is 37.3 Å². The van der Waals surface area contributed by atoms with Crippen LogP contribution in [-0.4, -0.2) is 59.6 Å². The molecule has 1 amide bonds. The minimum absolute atomic E-state index is 0.0665. The number of carboxylic acids is 1. The van der Waals surface area contributed by atoms with Crippen molar-refractivity contribution in [2.24, 2.45) is 5.92 Å². The minimum atomic E-state index is -0.833. The molecule has 0 bridgehead atoms. The number of morpholine rings is 1. The van der Waals surface area contributed by atoms with Crippen molar-refractivity contribution in [3.05, 3.63) is 17.5 Å². The van der Waals surface area contributed by atoms with Crippen LogP contribution >= 0.6 is 0 Å². The first-order valence-corrected chi connectivity index (χ1v) is 8.84. The second kappa shape index (κ2) is 10.2. The van der Waals surface area contributed by atoms with Gasteiger partial charge in [0.2, 0.25) is 5.91 Å². The van der Waals surface area contributed by atoms with E-state index in [0.29, 0.717) is 19.2 Å². The number of rotatable bonds is 5. The standard InChI is InChI=1S/C15H24N4O3.C2H4O2/c1-21-9-12-7-11(18-19-12)8-17-15(20)10-2-3-14-13(6-10)16-4-5-22-14;1-2(3)4/h7,10,13-14,16H,2-6,8-9H2,1H3,(H,17,20)(H,18,19);1H3,(H,3,4)/t10-,13+,14+;/m0./s1. The highest BCUT2D eigenvalue weighted by Gasteiger charge is 2.35. The molecule has 1 aromatic heterocycles. The van der Waals surface area contributed by atoms with Crippen LogP contribution in [-0.2, 0) is 32.2 Å². The number of aromatic nitrogens is 2. The fourth-order valence-electron chi connectivity index (χ4n) is 3.30. The lowest BCUT2D eigenvalue weighted by Gasteiger charge is -2.39. The topological polar surface area (TPSA) is 126 Å². The molecule has 3 atom stereocenters. The average molecular weight is 368 g/mol. The molecule has 26 heavy (non-hydrogen) atoms. The lowest BCUT2D eigenvalue weighted by Crippen LogP contribution is -2.53. The van der Waals surface area contributed by atoms with Crippen molar-refractivity contribution >= 4 is 11.9 Å². The molecule has 3 rings (SSSR count). The molecule has 1 aliphatic heterocycles. The summed E-state index contributed by atoms with van der Waals surface area (Å²) in [5.74, 6) is -0.648. The molecule has 2 aliphatic rings. The van der Waals surface area contributed by atoms with Crippen molar-refractivity contribution in [2.45, 2.75) is 51.5 Å². The number of H-pyrrole nitrogens is 1. The van der Waals surface area contributed by atoms with Gasteiger partial charge in [-0.2, -0.15) is 5.10 Å². The summed E-state index contributed by atoms with van der Waals surface area (Å²) >= 11 is 0. The van der Waals surface area contributed by atoms with Crippen LogP contribution in [0, 0.1) is 5.92 Å². The van der Waals surface area contributed by atoms with Gasteiger partial charge in [0.25, 0.3) is 5.97 Å². The van der Waals surface area contributed by atoms with Gasteiger partial charge >= 0.3 is 0 Å². The second-order valence-electron chi connectivity index (χ2n) is 6.53. The van der Waals surface area contributed by atoms with E-state index in [2.05, 4.69) is 20.8 Å². The van der Waals surface area contributed by atoms with Crippen molar-refractivity contribution in [1.29, 1.82) is 0 Å². The first-order chi connectivity index (χ1) is 12.5. The zero-order valence-electron chi connectivity index (χ0n) is 15.3. The molecule has 9 heteroatoms. The Kier molecular flexibility index (Phi) is 8.02. The number of hydrogen-bond donors (Lipinski definition) is 4. The Morgan fingerprint density at radius 3 is 2.96 bits per heavy atom. The summed E-state index contributed by atoms with van der Waals surface area (Å²) < 4.78 is 10.8. The maximum Gasteiger partial charge on any atom is 0.300 e. The third-order valence-electron chi connectivity index (χ3n) is 4.43. The fourth-order valence-corrected chi connectivity index (χ4v) is 3.30. The van der Waals surface area contributed by atoms with Gasteiger partial charge in [-0.1, -0.05) is 0 Å².